The van der Waals surface area contributed by atoms with E-state index >= 15 is 0 Å². The molecule has 2 unspecified atom stereocenters. The molecule has 0 heterocycles. The molecule has 1 saturated carbocycles. The summed E-state index contributed by atoms with van der Waals surface area (Å²) >= 11 is 1.94. The van der Waals surface area contributed by atoms with Gasteiger partial charge in [0.15, 0.2) is 0 Å². The Kier molecular flexibility index (Phi) is 5.83. The van der Waals surface area contributed by atoms with Crippen LogP contribution in [0.2, 0.25) is 0 Å². The first-order valence-corrected chi connectivity index (χ1v) is 6.43. The Morgan fingerprint density at radius 2 is 2.31 bits per heavy atom. The van der Waals surface area contributed by atoms with Crippen LogP contribution in [0.1, 0.15) is 26.2 Å². The minimum atomic E-state index is 0.461. The van der Waals surface area contributed by atoms with E-state index in [1.165, 1.54) is 25.0 Å². The van der Waals surface area contributed by atoms with E-state index in [0.717, 1.165) is 18.9 Å². The zero-order chi connectivity index (χ0) is 9.52. The van der Waals surface area contributed by atoms with Gasteiger partial charge in [-0.2, -0.15) is 11.8 Å². The second-order valence-corrected chi connectivity index (χ2v) is 4.93. The summed E-state index contributed by atoms with van der Waals surface area (Å²) in [5, 5.41) is 0. The van der Waals surface area contributed by atoms with Crippen molar-refractivity contribution in [2.24, 2.45) is 11.7 Å². The van der Waals surface area contributed by atoms with E-state index in [0.29, 0.717) is 12.0 Å². The fourth-order valence-electron chi connectivity index (χ4n) is 1.89. The maximum Gasteiger partial charge on any atom is 0.0615 e. The van der Waals surface area contributed by atoms with Crippen molar-refractivity contribution in [3.63, 3.8) is 0 Å². The lowest BCUT2D eigenvalue weighted by Gasteiger charge is -2.18. The lowest BCUT2D eigenvalue weighted by molar-refractivity contribution is 0.0405. The summed E-state index contributed by atoms with van der Waals surface area (Å²) < 4.78 is 5.81. The van der Waals surface area contributed by atoms with Crippen molar-refractivity contribution in [3.05, 3.63) is 0 Å². The van der Waals surface area contributed by atoms with Gasteiger partial charge in [0.25, 0.3) is 0 Å². The Hall–Kier alpha value is 0.270. The van der Waals surface area contributed by atoms with Gasteiger partial charge in [-0.15, -0.1) is 0 Å². The highest BCUT2D eigenvalue weighted by molar-refractivity contribution is 7.99. The molecule has 2 nitrogen and oxygen atoms in total. The van der Waals surface area contributed by atoms with Crippen LogP contribution < -0.4 is 5.73 Å². The predicted molar refractivity (Wildman–Crippen MR) is 59.1 cm³/mol. The number of hydrogen-bond donors (Lipinski definition) is 1. The largest absolute Gasteiger partial charge is 0.377 e. The van der Waals surface area contributed by atoms with Crippen molar-refractivity contribution in [1.82, 2.24) is 0 Å². The fourth-order valence-corrected chi connectivity index (χ4v) is 2.40. The van der Waals surface area contributed by atoms with Crippen molar-refractivity contribution in [2.45, 2.75) is 32.3 Å². The number of thioether (sulfide) groups is 1. The summed E-state index contributed by atoms with van der Waals surface area (Å²) in [6, 6.07) is 0. The van der Waals surface area contributed by atoms with Gasteiger partial charge in [0.05, 0.1) is 12.7 Å². The highest BCUT2D eigenvalue weighted by atomic mass is 32.2. The lowest BCUT2D eigenvalue weighted by atomic mass is 10.1. The Balaban J connectivity index is 2.06. The molecular weight excluding hydrogens is 182 g/mol. The second kappa shape index (κ2) is 6.68. The van der Waals surface area contributed by atoms with Gasteiger partial charge in [0.1, 0.15) is 0 Å². The molecule has 0 aromatic heterocycles. The quantitative estimate of drug-likeness (QED) is 0.670. The summed E-state index contributed by atoms with van der Waals surface area (Å²) in [4.78, 5) is 0. The van der Waals surface area contributed by atoms with Crippen LogP contribution in [0, 0.1) is 5.92 Å². The molecule has 1 aliphatic carbocycles. The van der Waals surface area contributed by atoms with E-state index in [-0.39, 0.29) is 0 Å². The summed E-state index contributed by atoms with van der Waals surface area (Å²) in [6.45, 7) is 3.88. The van der Waals surface area contributed by atoms with Crippen molar-refractivity contribution in [2.75, 3.05) is 24.7 Å². The first-order chi connectivity index (χ1) is 6.38. The molecule has 0 saturated heterocycles. The van der Waals surface area contributed by atoms with Gasteiger partial charge in [-0.1, -0.05) is 13.3 Å². The maximum atomic E-state index is 5.81. The molecule has 0 radical (unpaired) electrons. The Labute approximate surface area is 85.6 Å². The summed E-state index contributed by atoms with van der Waals surface area (Å²) in [5.41, 5.74) is 5.67. The van der Waals surface area contributed by atoms with Gasteiger partial charge < -0.3 is 10.5 Å². The molecule has 0 amide bonds. The number of rotatable bonds is 6. The standard InChI is InChI=1S/C10H21NOS/c1-2-13-7-6-12-10-5-3-4-9(10)8-11/h9-10H,2-8,11H2,1H3. The Morgan fingerprint density at radius 3 is 3.00 bits per heavy atom. The van der Waals surface area contributed by atoms with Crippen LogP contribution in [0.3, 0.4) is 0 Å². The first-order valence-electron chi connectivity index (χ1n) is 5.28. The molecule has 1 aliphatic rings. The van der Waals surface area contributed by atoms with Gasteiger partial charge in [-0.25, -0.2) is 0 Å². The van der Waals surface area contributed by atoms with Gasteiger partial charge in [-0.05, 0) is 31.1 Å². The number of ether oxygens (including phenoxy) is 1. The minimum Gasteiger partial charge on any atom is -0.377 e. The third kappa shape index (κ3) is 3.88. The van der Waals surface area contributed by atoms with Gasteiger partial charge >= 0.3 is 0 Å². The van der Waals surface area contributed by atoms with Crippen molar-refractivity contribution >= 4 is 11.8 Å². The van der Waals surface area contributed by atoms with Crippen LogP contribution in [-0.4, -0.2) is 30.8 Å². The molecule has 0 aromatic carbocycles. The summed E-state index contributed by atoms with van der Waals surface area (Å²) in [6.07, 6.45) is 4.25. The molecule has 0 aliphatic heterocycles. The molecular formula is C10H21NOS. The predicted octanol–water partition coefficient (Wildman–Crippen LogP) is 1.88. The molecule has 2 N–H and O–H groups in total. The van der Waals surface area contributed by atoms with Crippen molar-refractivity contribution in [1.29, 1.82) is 0 Å². The molecule has 2 atom stereocenters. The average molecular weight is 203 g/mol. The third-order valence-corrected chi connectivity index (χ3v) is 3.52. The monoisotopic (exact) mass is 203 g/mol. The average Bonchev–Trinajstić information content (AvgIpc) is 2.60. The van der Waals surface area contributed by atoms with Gasteiger partial charge in [0, 0.05) is 5.75 Å². The Bertz CT molecular complexity index is 132. The molecule has 78 valence electrons. The normalized spacial score (nSPS) is 28.2. The third-order valence-electron chi connectivity index (χ3n) is 2.66. The van der Waals surface area contributed by atoms with E-state index in [1.807, 2.05) is 11.8 Å². The second-order valence-electron chi connectivity index (χ2n) is 3.53. The SMILES string of the molecule is CCSCCOC1CCCC1CN. The topological polar surface area (TPSA) is 35.2 Å². The highest BCUT2D eigenvalue weighted by Gasteiger charge is 2.26. The lowest BCUT2D eigenvalue weighted by Crippen LogP contribution is -2.26. The first kappa shape index (κ1) is 11.3. The van der Waals surface area contributed by atoms with E-state index < -0.39 is 0 Å². The molecule has 1 rings (SSSR count). The molecule has 1 fully saturated rings. The molecule has 0 aromatic rings. The fraction of sp³-hybridized carbons (Fsp3) is 1.00. The summed E-state index contributed by atoms with van der Waals surface area (Å²) in [5.74, 6) is 2.95. The molecule has 13 heavy (non-hydrogen) atoms. The van der Waals surface area contributed by atoms with E-state index in [4.69, 9.17) is 10.5 Å². The van der Waals surface area contributed by atoms with Crippen LogP contribution in [-0.2, 0) is 4.74 Å². The maximum absolute atomic E-state index is 5.81. The molecule has 0 bridgehead atoms. The van der Waals surface area contributed by atoms with Crippen LogP contribution in [0.5, 0.6) is 0 Å². The summed E-state index contributed by atoms with van der Waals surface area (Å²) in [7, 11) is 0. The van der Waals surface area contributed by atoms with E-state index in [2.05, 4.69) is 6.92 Å². The van der Waals surface area contributed by atoms with E-state index in [9.17, 15) is 0 Å². The molecule has 3 heteroatoms. The van der Waals surface area contributed by atoms with Crippen molar-refractivity contribution < 1.29 is 4.74 Å². The minimum absolute atomic E-state index is 0.461. The smallest absolute Gasteiger partial charge is 0.0615 e. The number of hydrogen-bond acceptors (Lipinski definition) is 3. The zero-order valence-corrected chi connectivity index (χ0v) is 9.31. The van der Waals surface area contributed by atoms with Crippen LogP contribution in [0.15, 0.2) is 0 Å². The highest BCUT2D eigenvalue weighted by Crippen LogP contribution is 2.27. The molecule has 0 spiro atoms. The Morgan fingerprint density at radius 1 is 1.46 bits per heavy atom. The van der Waals surface area contributed by atoms with Crippen LogP contribution in [0.4, 0.5) is 0 Å². The zero-order valence-electron chi connectivity index (χ0n) is 8.50. The van der Waals surface area contributed by atoms with Crippen molar-refractivity contribution in [3.8, 4) is 0 Å². The van der Waals surface area contributed by atoms with Gasteiger partial charge in [0.2, 0.25) is 0 Å². The van der Waals surface area contributed by atoms with E-state index in [1.54, 1.807) is 0 Å². The number of nitrogens with two attached hydrogens (primary N) is 1. The van der Waals surface area contributed by atoms with Gasteiger partial charge in [-0.3, -0.25) is 0 Å². The van der Waals surface area contributed by atoms with Crippen LogP contribution in [0.25, 0.3) is 0 Å². The van der Waals surface area contributed by atoms with Crippen LogP contribution >= 0.6 is 11.8 Å².